The lowest BCUT2D eigenvalue weighted by atomic mass is 9.85. The fraction of sp³-hybridized carbons (Fsp3) is 0.143. The van der Waals surface area contributed by atoms with Crippen molar-refractivity contribution in [3.63, 3.8) is 0 Å². The normalized spacial score (nSPS) is 14.2. The quantitative estimate of drug-likeness (QED) is 0.578. The van der Waals surface area contributed by atoms with E-state index >= 15 is 0 Å². The Hall–Kier alpha value is -0.130. The van der Waals surface area contributed by atoms with E-state index in [1.807, 2.05) is 6.07 Å². The van der Waals surface area contributed by atoms with Crippen molar-refractivity contribution in [2.24, 2.45) is 5.73 Å². The molecule has 0 fully saturated rings. The Morgan fingerprint density at radius 3 is 2.30 bits per heavy atom. The Labute approximate surface area is 143 Å². The number of hydrogen-bond donors (Lipinski definition) is 1. The zero-order valence-corrected chi connectivity index (χ0v) is 15.0. The molecule has 0 amide bonds. The predicted molar refractivity (Wildman–Crippen MR) is 88.9 cm³/mol. The van der Waals surface area contributed by atoms with Crippen LogP contribution in [-0.4, -0.2) is 0 Å². The molecule has 1 atom stereocenters. The van der Waals surface area contributed by atoms with Crippen molar-refractivity contribution in [3.8, 4) is 0 Å². The average molecular weight is 442 g/mol. The fourth-order valence-electron chi connectivity index (χ4n) is 1.98. The van der Waals surface area contributed by atoms with Crippen LogP contribution in [0.3, 0.4) is 0 Å². The molecule has 0 spiro atoms. The zero-order valence-electron chi connectivity index (χ0n) is 10.4. The van der Waals surface area contributed by atoms with Crippen LogP contribution >= 0.6 is 55.1 Å². The second kappa shape index (κ2) is 5.93. The molecule has 0 saturated heterocycles. The Morgan fingerprint density at radius 2 is 1.70 bits per heavy atom. The standard InChI is InChI=1S/C14H10Br2Cl2FN/c1-14(20,8-3-2-7(15)6-11(8)17)9-4-5-10(16)12(18)13(9)19/h2-6H,20H2,1H3. The highest BCUT2D eigenvalue weighted by molar-refractivity contribution is 9.10. The lowest BCUT2D eigenvalue weighted by molar-refractivity contribution is 0.530. The molecular formula is C14H10Br2Cl2FN. The van der Waals surface area contributed by atoms with Gasteiger partial charge >= 0.3 is 0 Å². The van der Waals surface area contributed by atoms with E-state index in [0.29, 0.717) is 15.1 Å². The van der Waals surface area contributed by atoms with Gasteiger partial charge in [-0.3, -0.25) is 0 Å². The molecule has 0 aliphatic carbocycles. The van der Waals surface area contributed by atoms with Gasteiger partial charge < -0.3 is 5.73 Å². The van der Waals surface area contributed by atoms with Gasteiger partial charge in [-0.1, -0.05) is 51.3 Å². The molecule has 0 aliphatic heterocycles. The van der Waals surface area contributed by atoms with E-state index in [1.54, 1.807) is 31.2 Å². The van der Waals surface area contributed by atoms with Crippen molar-refractivity contribution in [2.75, 3.05) is 0 Å². The van der Waals surface area contributed by atoms with Gasteiger partial charge in [-0.25, -0.2) is 4.39 Å². The van der Waals surface area contributed by atoms with Gasteiger partial charge in [0.1, 0.15) is 5.82 Å². The van der Waals surface area contributed by atoms with Gasteiger partial charge in [0.05, 0.1) is 10.6 Å². The molecule has 0 saturated carbocycles. The Balaban J connectivity index is 2.63. The Morgan fingerprint density at radius 1 is 1.10 bits per heavy atom. The molecule has 1 unspecified atom stereocenters. The van der Waals surface area contributed by atoms with Gasteiger partial charge in [0, 0.05) is 19.5 Å². The van der Waals surface area contributed by atoms with Crippen molar-refractivity contribution >= 4 is 55.1 Å². The lowest BCUT2D eigenvalue weighted by Crippen LogP contribution is -2.35. The highest BCUT2D eigenvalue weighted by Crippen LogP contribution is 2.38. The highest BCUT2D eigenvalue weighted by atomic mass is 79.9. The molecule has 106 valence electrons. The monoisotopic (exact) mass is 439 g/mol. The maximum absolute atomic E-state index is 14.4. The number of halogens is 5. The van der Waals surface area contributed by atoms with Crippen LogP contribution in [0.25, 0.3) is 0 Å². The second-order valence-electron chi connectivity index (χ2n) is 4.55. The van der Waals surface area contributed by atoms with E-state index in [4.69, 9.17) is 28.9 Å². The summed E-state index contributed by atoms with van der Waals surface area (Å²) in [5.74, 6) is -0.551. The second-order valence-corrected chi connectivity index (χ2v) is 7.10. The molecule has 2 aromatic carbocycles. The van der Waals surface area contributed by atoms with E-state index in [-0.39, 0.29) is 10.6 Å². The molecule has 2 N–H and O–H groups in total. The minimum atomic E-state index is -1.09. The zero-order chi connectivity index (χ0) is 15.1. The van der Waals surface area contributed by atoms with Crippen LogP contribution in [0.4, 0.5) is 4.39 Å². The van der Waals surface area contributed by atoms with E-state index in [2.05, 4.69) is 31.9 Å². The molecular weight excluding hydrogens is 432 g/mol. The summed E-state index contributed by atoms with van der Waals surface area (Å²) in [5.41, 5.74) is 6.14. The third-order valence-electron chi connectivity index (χ3n) is 3.09. The first kappa shape index (κ1) is 16.2. The summed E-state index contributed by atoms with van der Waals surface area (Å²) in [7, 11) is 0. The summed E-state index contributed by atoms with van der Waals surface area (Å²) in [5, 5.41) is 0.468. The number of nitrogens with two attached hydrogens (primary N) is 1. The fourth-order valence-corrected chi connectivity index (χ4v) is 3.32. The van der Waals surface area contributed by atoms with Crippen LogP contribution in [-0.2, 0) is 5.54 Å². The molecule has 2 aromatic rings. The number of rotatable bonds is 2. The summed E-state index contributed by atoms with van der Waals surface area (Å²) < 4.78 is 15.7. The van der Waals surface area contributed by atoms with Gasteiger partial charge in [-0.2, -0.15) is 0 Å². The van der Waals surface area contributed by atoms with Crippen molar-refractivity contribution in [3.05, 3.63) is 66.3 Å². The first-order valence-electron chi connectivity index (χ1n) is 5.63. The molecule has 0 aromatic heterocycles. The van der Waals surface area contributed by atoms with Crippen molar-refractivity contribution in [2.45, 2.75) is 12.5 Å². The predicted octanol–water partition coefficient (Wildman–Crippen LogP) is 5.88. The highest BCUT2D eigenvalue weighted by Gasteiger charge is 2.30. The molecule has 0 radical (unpaired) electrons. The Bertz CT molecular complexity index is 674. The third kappa shape index (κ3) is 2.90. The number of benzene rings is 2. The minimum Gasteiger partial charge on any atom is -0.318 e. The van der Waals surface area contributed by atoms with Gasteiger partial charge in [0.2, 0.25) is 0 Å². The van der Waals surface area contributed by atoms with E-state index in [9.17, 15) is 4.39 Å². The molecule has 6 heteroatoms. The van der Waals surface area contributed by atoms with Crippen LogP contribution in [0, 0.1) is 5.82 Å². The Kier molecular flexibility index (Phi) is 4.82. The van der Waals surface area contributed by atoms with Crippen LogP contribution in [0.1, 0.15) is 18.1 Å². The van der Waals surface area contributed by atoms with Gasteiger partial charge in [-0.05, 0) is 46.6 Å². The van der Waals surface area contributed by atoms with E-state index in [0.717, 1.165) is 4.47 Å². The molecule has 2 rings (SSSR count). The largest absolute Gasteiger partial charge is 0.318 e. The van der Waals surface area contributed by atoms with Crippen LogP contribution in [0.5, 0.6) is 0 Å². The van der Waals surface area contributed by atoms with Crippen LogP contribution < -0.4 is 5.73 Å². The molecule has 0 aliphatic rings. The topological polar surface area (TPSA) is 26.0 Å². The summed E-state index contributed by atoms with van der Waals surface area (Å²) in [4.78, 5) is 0. The van der Waals surface area contributed by atoms with Crippen LogP contribution in [0.2, 0.25) is 10.0 Å². The smallest absolute Gasteiger partial charge is 0.148 e. The van der Waals surface area contributed by atoms with Crippen molar-refractivity contribution in [1.29, 1.82) is 0 Å². The van der Waals surface area contributed by atoms with Crippen LogP contribution in [0.15, 0.2) is 39.3 Å². The first-order chi connectivity index (χ1) is 9.25. The SMILES string of the molecule is CC(N)(c1ccc(Br)cc1Cl)c1ccc(Br)c(Cl)c1F. The summed E-state index contributed by atoms with van der Waals surface area (Å²) in [6.07, 6.45) is 0. The number of hydrogen-bond acceptors (Lipinski definition) is 1. The third-order valence-corrected chi connectivity index (χ3v) is 5.15. The van der Waals surface area contributed by atoms with Gasteiger partial charge in [0.25, 0.3) is 0 Å². The van der Waals surface area contributed by atoms with Gasteiger partial charge in [0.15, 0.2) is 0 Å². The van der Waals surface area contributed by atoms with E-state index < -0.39 is 11.4 Å². The molecule has 1 nitrogen and oxygen atoms in total. The molecule has 20 heavy (non-hydrogen) atoms. The van der Waals surface area contributed by atoms with Crippen molar-refractivity contribution < 1.29 is 4.39 Å². The molecule has 0 bridgehead atoms. The van der Waals surface area contributed by atoms with Crippen molar-refractivity contribution in [1.82, 2.24) is 0 Å². The summed E-state index contributed by atoms with van der Waals surface area (Å²) in [6, 6.07) is 8.56. The maximum Gasteiger partial charge on any atom is 0.148 e. The van der Waals surface area contributed by atoms with Gasteiger partial charge in [-0.15, -0.1) is 0 Å². The summed E-state index contributed by atoms with van der Waals surface area (Å²) >= 11 is 18.6. The van der Waals surface area contributed by atoms with E-state index in [1.165, 1.54) is 0 Å². The average Bonchev–Trinajstić information content (AvgIpc) is 2.35. The first-order valence-corrected chi connectivity index (χ1v) is 7.97. The lowest BCUT2D eigenvalue weighted by Gasteiger charge is -2.28. The summed E-state index contributed by atoms with van der Waals surface area (Å²) in [6.45, 7) is 1.70. The molecule has 0 heterocycles. The minimum absolute atomic E-state index is 0.00686. The maximum atomic E-state index is 14.4.